The second-order valence-electron chi connectivity index (χ2n) is 6.71. The smallest absolute Gasteiger partial charge is 0.349 e. The van der Waals surface area contributed by atoms with Gasteiger partial charge in [0.25, 0.3) is 5.56 Å². The average Bonchev–Trinajstić information content (AvgIpc) is 2.78. The highest BCUT2D eigenvalue weighted by Gasteiger charge is 2.11. The number of rotatable bonds is 5. The van der Waals surface area contributed by atoms with Crippen molar-refractivity contribution in [3.8, 4) is 11.8 Å². The summed E-state index contributed by atoms with van der Waals surface area (Å²) >= 11 is 9.80. The number of ether oxygens (including phenoxy) is 1. The van der Waals surface area contributed by atoms with Crippen molar-refractivity contribution in [3.63, 3.8) is 0 Å². The van der Waals surface area contributed by atoms with Gasteiger partial charge in [0.1, 0.15) is 6.61 Å². The maximum absolute atomic E-state index is 12.6. The minimum atomic E-state index is -0.647. The van der Waals surface area contributed by atoms with E-state index in [2.05, 4.69) is 32.1 Å². The maximum atomic E-state index is 12.6. The number of H-pyrrole nitrogens is 1. The van der Waals surface area contributed by atoms with Crippen LogP contribution in [0.25, 0.3) is 10.9 Å². The number of nitrogens with one attached hydrogen (secondary N) is 1. The highest BCUT2D eigenvalue weighted by molar-refractivity contribution is 9.10. The van der Waals surface area contributed by atoms with E-state index in [0.717, 1.165) is 10.2 Å². The topological polar surface area (TPSA) is 100 Å². The molecule has 1 N–H and O–H groups in total. The van der Waals surface area contributed by atoms with E-state index in [-0.39, 0.29) is 6.61 Å². The molecule has 0 aliphatic rings. The zero-order valence-electron chi connectivity index (χ0n) is 16.4. The number of fused-ring (bicyclic) bond motifs is 1. The molecule has 0 unspecified atom stereocenters. The Hall–Kier alpha value is -3.67. The lowest BCUT2D eigenvalue weighted by molar-refractivity contribution is 0.304. The summed E-state index contributed by atoms with van der Waals surface area (Å²) in [5.41, 5.74) is 1.08. The van der Waals surface area contributed by atoms with E-state index < -0.39 is 11.2 Å². The van der Waals surface area contributed by atoms with Gasteiger partial charge in [-0.2, -0.15) is 10.4 Å². The fourth-order valence-corrected chi connectivity index (χ4v) is 4.07. The first kappa shape index (κ1) is 21.6. The summed E-state index contributed by atoms with van der Waals surface area (Å²) in [7, 11) is 0. The zero-order valence-corrected chi connectivity index (χ0v) is 18.7. The van der Waals surface area contributed by atoms with E-state index in [1.165, 1.54) is 6.21 Å². The van der Waals surface area contributed by atoms with Crippen molar-refractivity contribution in [2.75, 3.05) is 0 Å². The molecule has 0 saturated heterocycles. The van der Waals surface area contributed by atoms with E-state index in [9.17, 15) is 14.9 Å². The van der Waals surface area contributed by atoms with Crippen LogP contribution in [0.2, 0.25) is 5.02 Å². The Morgan fingerprint density at radius 3 is 2.69 bits per heavy atom. The summed E-state index contributed by atoms with van der Waals surface area (Å²) in [5, 5.41) is 13.9. The van der Waals surface area contributed by atoms with Crippen molar-refractivity contribution in [3.05, 3.63) is 108 Å². The molecule has 4 rings (SSSR count). The predicted octanol–water partition coefficient (Wildman–Crippen LogP) is 4.44. The molecule has 4 aromatic rings. The van der Waals surface area contributed by atoms with Crippen LogP contribution in [0.15, 0.2) is 79.8 Å². The third kappa shape index (κ3) is 4.35. The molecule has 0 atom stereocenters. The minimum Gasteiger partial charge on any atom is -0.486 e. The van der Waals surface area contributed by atoms with Gasteiger partial charge in [-0.15, -0.1) is 4.68 Å². The number of hydrogen-bond acceptors (Lipinski definition) is 5. The van der Waals surface area contributed by atoms with Gasteiger partial charge in [0.2, 0.25) is 0 Å². The van der Waals surface area contributed by atoms with Crippen LogP contribution in [-0.4, -0.2) is 15.9 Å². The number of halogens is 2. The molecule has 0 radical (unpaired) electrons. The lowest BCUT2D eigenvalue weighted by Gasteiger charge is -2.12. The number of benzene rings is 3. The van der Waals surface area contributed by atoms with Crippen LogP contribution in [0.1, 0.15) is 16.7 Å². The molecule has 0 bridgehead atoms. The SMILES string of the molecule is N#Cc1ccccc1COc1c(Cl)cc(C=Nn2c(=O)[nH]c3ccccc3c2=O)cc1Br. The monoisotopic (exact) mass is 508 g/mol. The van der Waals surface area contributed by atoms with E-state index in [1.54, 1.807) is 54.6 Å². The zero-order chi connectivity index (χ0) is 22.7. The Bertz CT molecular complexity index is 1500. The summed E-state index contributed by atoms with van der Waals surface area (Å²) in [4.78, 5) is 27.5. The Balaban J connectivity index is 1.61. The number of aromatic nitrogens is 2. The molecule has 32 heavy (non-hydrogen) atoms. The van der Waals surface area contributed by atoms with Gasteiger partial charge in [0, 0.05) is 5.56 Å². The second-order valence-corrected chi connectivity index (χ2v) is 7.97. The third-order valence-electron chi connectivity index (χ3n) is 4.64. The number of aromatic amines is 1. The first-order chi connectivity index (χ1) is 15.5. The van der Waals surface area contributed by atoms with Crippen LogP contribution < -0.4 is 16.0 Å². The van der Waals surface area contributed by atoms with E-state index in [0.29, 0.717) is 37.3 Å². The molecule has 1 aromatic heterocycles. The van der Waals surface area contributed by atoms with Crippen LogP contribution in [0, 0.1) is 11.3 Å². The van der Waals surface area contributed by atoms with Crippen molar-refractivity contribution in [1.82, 2.24) is 9.66 Å². The molecule has 158 valence electrons. The van der Waals surface area contributed by atoms with Crippen LogP contribution in [0.4, 0.5) is 0 Å². The third-order valence-corrected chi connectivity index (χ3v) is 5.51. The molecular weight excluding hydrogens is 496 g/mol. The van der Waals surface area contributed by atoms with Crippen molar-refractivity contribution < 1.29 is 4.74 Å². The summed E-state index contributed by atoms with van der Waals surface area (Å²) in [5.74, 6) is 0.400. The fraction of sp³-hybridized carbons (Fsp3) is 0.0435. The molecule has 0 aliphatic heterocycles. The molecule has 1 heterocycles. The van der Waals surface area contributed by atoms with Crippen LogP contribution in [0.5, 0.6) is 5.75 Å². The molecule has 3 aromatic carbocycles. The van der Waals surface area contributed by atoms with Crippen LogP contribution >= 0.6 is 27.5 Å². The van der Waals surface area contributed by atoms with Crippen molar-refractivity contribution in [2.24, 2.45) is 5.10 Å². The van der Waals surface area contributed by atoms with Gasteiger partial charge in [-0.3, -0.25) is 4.79 Å². The first-order valence-electron chi connectivity index (χ1n) is 9.36. The normalized spacial score (nSPS) is 11.0. The Morgan fingerprint density at radius 1 is 1.16 bits per heavy atom. The number of nitriles is 1. The molecule has 0 fully saturated rings. The van der Waals surface area contributed by atoms with Gasteiger partial charge < -0.3 is 9.72 Å². The summed E-state index contributed by atoms with van der Waals surface area (Å²) in [6, 6.07) is 19.2. The lowest BCUT2D eigenvalue weighted by Crippen LogP contribution is -2.32. The average molecular weight is 510 g/mol. The molecule has 9 heteroatoms. The number of para-hydroxylation sites is 1. The van der Waals surface area contributed by atoms with E-state index >= 15 is 0 Å². The Morgan fingerprint density at radius 2 is 1.91 bits per heavy atom. The Labute approximate surface area is 195 Å². The first-order valence-corrected chi connectivity index (χ1v) is 10.5. The summed E-state index contributed by atoms with van der Waals surface area (Å²) < 4.78 is 7.13. The maximum Gasteiger partial charge on any atom is 0.349 e. The molecule has 0 amide bonds. The van der Waals surface area contributed by atoms with Gasteiger partial charge in [0.15, 0.2) is 5.75 Å². The van der Waals surface area contributed by atoms with Gasteiger partial charge in [-0.05, 0) is 51.8 Å². The predicted molar refractivity (Wildman–Crippen MR) is 126 cm³/mol. The Kier molecular flexibility index (Phi) is 6.21. The second kappa shape index (κ2) is 9.22. The highest BCUT2D eigenvalue weighted by atomic mass is 79.9. The van der Waals surface area contributed by atoms with E-state index in [4.69, 9.17) is 16.3 Å². The minimum absolute atomic E-state index is 0.164. The fourth-order valence-electron chi connectivity index (χ4n) is 3.08. The van der Waals surface area contributed by atoms with Crippen molar-refractivity contribution >= 4 is 44.6 Å². The molecule has 0 aliphatic carbocycles. The van der Waals surface area contributed by atoms with E-state index in [1.807, 2.05) is 6.07 Å². The van der Waals surface area contributed by atoms with Gasteiger partial charge in [-0.1, -0.05) is 41.9 Å². The van der Waals surface area contributed by atoms with Crippen LogP contribution in [0.3, 0.4) is 0 Å². The lowest BCUT2D eigenvalue weighted by atomic mass is 10.1. The highest BCUT2D eigenvalue weighted by Crippen LogP contribution is 2.35. The van der Waals surface area contributed by atoms with Gasteiger partial charge in [0.05, 0.1) is 38.2 Å². The largest absolute Gasteiger partial charge is 0.486 e. The molecule has 0 spiro atoms. The molecule has 7 nitrogen and oxygen atoms in total. The molecule has 0 saturated carbocycles. The van der Waals surface area contributed by atoms with Crippen molar-refractivity contribution in [2.45, 2.75) is 6.61 Å². The summed E-state index contributed by atoms with van der Waals surface area (Å²) in [6.07, 6.45) is 1.36. The quantitative estimate of drug-likeness (QED) is 0.402. The standard InChI is InChI=1S/C23H14BrClN4O3/c24-18-9-14(10-19(25)21(18)32-13-16-6-2-1-5-15(16)11-26)12-27-29-22(30)17-7-3-4-8-20(17)28-23(29)31/h1-10,12H,13H2,(H,28,31). The summed E-state index contributed by atoms with van der Waals surface area (Å²) in [6.45, 7) is 0.164. The van der Waals surface area contributed by atoms with Gasteiger partial charge >= 0.3 is 5.69 Å². The van der Waals surface area contributed by atoms with Crippen molar-refractivity contribution in [1.29, 1.82) is 5.26 Å². The number of hydrogen-bond donors (Lipinski definition) is 1. The number of nitrogens with zero attached hydrogens (tertiary/aromatic N) is 3. The van der Waals surface area contributed by atoms with Crippen LogP contribution in [-0.2, 0) is 6.61 Å². The molecular formula is C23H14BrClN4O3. The van der Waals surface area contributed by atoms with Gasteiger partial charge in [-0.25, -0.2) is 4.79 Å².